The highest BCUT2D eigenvalue weighted by atomic mass is 79.9. The fraction of sp³-hybridized carbons (Fsp3) is 0.0952. The van der Waals surface area contributed by atoms with Gasteiger partial charge < -0.3 is 4.90 Å². The third-order valence-electron chi connectivity index (χ3n) is 4.88. The fourth-order valence-corrected chi connectivity index (χ4v) is 4.01. The summed E-state index contributed by atoms with van der Waals surface area (Å²) in [6.07, 6.45) is 4.20. The van der Waals surface area contributed by atoms with Crippen molar-refractivity contribution in [2.75, 3.05) is 11.4 Å². The van der Waals surface area contributed by atoms with Crippen LogP contribution in [0.5, 0.6) is 0 Å². The third-order valence-corrected chi connectivity index (χ3v) is 5.38. The maximum Gasteiger partial charge on any atom is 0.263 e. The number of benzene rings is 2. The summed E-state index contributed by atoms with van der Waals surface area (Å²) in [6, 6.07) is 17.9. The van der Waals surface area contributed by atoms with E-state index in [9.17, 15) is 4.79 Å². The van der Waals surface area contributed by atoms with E-state index in [1.165, 1.54) is 5.56 Å². The standard InChI is InChI=1S/C21H15BrN4O/c22-16-6-7-18-15(12-16)9-11-25(18)21(27)17-13-24-26-19(8-10-23-20(17)26)14-4-2-1-3-5-14/h1-8,10,12-13H,9,11H2. The van der Waals surface area contributed by atoms with Crippen molar-refractivity contribution in [1.82, 2.24) is 14.6 Å². The molecule has 1 amide bonds. The van der Waals surface area contributed by atoms with Gasteiger partial charge in [-0.1, -0.05) is 46.3 Å². The highest BCUT2D eigenvalue weighted by Crippen LogP contribution is 2.32. The van der Waals surface area contributed by atoms with Gasteiger partial charge in [0.1, 0.15) is 5.56 Å². The second-order valence-corrected chi connectivity index (χ2v) is 7.39. The molecule has 3 heterocycles. The molecule has 0 bridgehead atoms. The number of aromatic nitrogens is 3. The molecule has 0 N–H and O–H groups in total. The Hall–Kier alpha value is -2.99. The predicted octanol–water partition coefficient (Wildman–Crippen LogP) is 4.36. The molecule has 0 radical (unpaired) electrons. The van der Waals surface area contributed by atoms with Crippen LogP contribution in [-0.4, -0.2) is 27.0 Å². The Kier molecular flexibility index (Phi) is 3.79. The van der Waals surface area contributed by atoms with E-state index in [0.29, 0.717) is 17.8 Å². The number of carbonyl (C=O) groups is 1. The van der Waals surface area contributed by atoms with Crippen LogP contribution in [0.3, 0.4) is 0 Å². The number of amides is 1. The van der Waals surface area contributed by atoms with E-state index < -0.39 is 0 Å². The van der Waals surface area contributed by atoms with E-state index in [0.717, 1.165) is 27.8 Å². The Bertz CT molecular complexity index is 1170. The second kappa shape index (κ2) is 6.32. The van der Waals surface area contributed by atoms with E-state index >= 15 is 0 Å². The summed E-state index contributed by atoms with van der Waals surface area (Å²) in [5.41, 5.74) is 5.16. The molecule has 0 aliphatic carbocycles. The second-order valence-electron chi connectivity index (χ2n) is 6.47. The van der Waals surface area contributed by atoms with Gasteiger partial charge in [-0.2, -0.15) is 5.10 Å². The Morgan fingerprint density at radius 2 is 1.93 bits per heavy atom. The number of fused-ring (bicyclic) bond motifs is 2. The molecule has 5 rings (SSSR count). The summed E-state index contributed by atoms with van der Waals surface area (Å²) in [6.45, 7) is 0.667. The zero-order chi connectivity index (χ0) is 18.4. The molecule has 1 aliphatic heterocycles. The van der Waals surface area contributed by atoms with Gasteiger partial charge in [0, 0.05) is 28.5 Å². The van der Waals surface area contributed by atoms with Crippen LogP contribution in [0.2, 0.25) is 0 Å². The van der Waals surface area contributed by atoms with Crippen LogP contribution < -0.4 is 4.90 Å². The van der Waals surface area contributed by atoms with Gasteiger partial charge in [-0.25, -0.2) is 9.50 Å². The van der Waals surface area contributed by atoms with Gasteiger partial charge in [-0.3, -0.25) is 4.79 Å². The number of carbonyl (C=O) groups excluding carboxylic acids is 1. The number of anilines is 1. The first kappa shape index (κ1) is 16.2. The van der Waals surface area contributed by atoms with Crippen molar-refractivity contribution in [2.24, 2.45) is 0 Å². The Morgan fingerprint density at radius 3 is 2.78 bits per heavy atom. The number of hydrogen-bond donors (Lipinski definition) is 0. The van der Waals surface area contributed by atoms with Crippen LogP contribution in [-0.2, 0) is 6.42 Å². The maximum absolute atomic E-state index is 13.2. The summed E-state index contributed by atoms with van der Waals surface area (Å²) in [5, 5.41) is 4.46. The summed E-state index contributed by atoms with van der Waals surface area (Å²) in [7, 11) is 0. The molecule has 1 aliphatic rings. The first-order valence-electron chi connectivity index (χ1n) is 8.71. The van der Waals surface area contributed by atoms with E-state index in [4.69, 9.17) is 0 Å². The number of nitrogens with zero attached hydrogens (tertiary/aromatic N) is 4. The predicted molar refractivity (Wildman–Crippen MR) is 108 cm³/mol. The highest BCUT2D eigenvalue weighted by Gasteiger charge is 2.28. The molecule has 2 aromatic heterocycles. The van der Waals surface area contributed by atoms with Crippen LogP contribution in [0, 0.1) is 0 Å². The lowest BCUT2D eigenvalue weighted by Gasteiger charge is -2.16. The maximum atomic E-state index is 13.2. The molecule has 6 heteroatoms. The molecule has 0 spiro atoms. The quantitative estimate of drug-likeness (QED) is 0.485. The van der Waals surface area contributed by atoms with Crippen molar-refractivity contribution in [2.45, 2.75) is 6.42 Å². The van der Waals surface area contributed by atoms with Gasteiger partial charge in [0.25, 0.3) is 5.91 Å². The lowest BCUT2D eigenvalue weighted by molar-refractivity contribution is 0.0991. The number of halogens is 1. The fourth-order valence-electron chi connectivity index (χ4n) is 3.60. The normalized spacial score (nSPS) is 13.1. The summed E-state index contributed by atoms with van der Waals surface area (Å²) in [4.78, 5) is 19.5. The summed E-state index contributed by atoms with van der Waals surface area (Å²) >= 11 is 3.50. The Morgan fingerprint density at radius 1 is 1.07 bits per heavy atom. The van der Waals surface area contributed by atoms with Crippen LogP contribution >= 0.6 is 15.9 Å². The zero-order valence-corrected chi connectivity index (χ0v) is 15.9. The molecule has 0 fully saturated rings. The minimum atomic E-state index is -0.0659. The Labute approximate surface area is 164 Å². The monoisotopic (exact) mass is 418 g/mol. The van der Waals surface area contributed by atoms with Crippen molar-refractivity contribution in [3.63, 3.8) is 0 Å². The SMILES string of the molecule is O=C(c1cnn2c(-c3ccccc3)ccnc12)N1CCc2cc(Br)ccc21. The molecule has 27 heavy (non-hydrogen) atoms. The summed E-state index contributed by atoms with van der Waals surface area (Å²) in [5.74, 6) is -0.0659. The van der Waals surface area contributed by atoms with Crippen molar-refractivity contribution >= 4 is 33.2 Å². The van der Waals surface area contributed by atoms with Gasteiger partial charge in [0.15, 0.2) is 5.65 Å². The van der Waals surface area contributed by atoms with Crippen molar-refractivity contribution < 1.29 is 4.79 Å². The zero-order valence-electron chi connectivity index (χ0n) is 14.3. The summed E-state index contributed by atoms with van der Waals surface area (Å²) < 4.78 is 2.77. The smallest absolute Gasteiger partial charge is 0.263 e. The van der Waals surface area contributed by atoms with Gasteiger partial charge in [-0.05, 0) is 36.2 Å². The molecule has 2 aromatic carbocycles. The lowest BCUT2D eigenvalue weighted by atomic mass is 10.1. The topological polar surface area (TPSA) is 50.5 Å². The molecule has 0 saturated carbocycles. The molecular weight excluding hydrogens is 404 g/mol. The molecule has 0 atom stereocenters. The first-order chi connectivity index (χ1) is 13.2. The number of rotatable bonds is 2. The van der Waals surface area contributed by atoms with Crippen LogP contribution in [0.25, 0.3) is 16.9 Å². The van der Waals surface area contributed by atoms with Gasteiger partial charge >= 0.3 is 0 Å². The lowest BCUT2D eigenvalue weighted by Crippen LogP contribution is -2.28. The van der Waals surface area contributed by atoms with Crippen molar-refractivity contribution in [3.05, 3.63) is 82.6 Å². The highest BCUT2D eigenvalue weighted by molar-refractivity contribution is 9.10. The Balaban J connectivity index is 1.58. The molecule has 0 saturated heterocycles. The first-order valence-corrected chi connectivity index (χ1v) is 9.50. The average Bonchev–Trinajstić information content (AvgIpc) is 3.32. The van der Waals surface area contributed by atoms with E-state index in [1.54, 1.807) is 16.9 Å². The van der Waals surface area contributed by atoms with Gasteiger partial charge in [0.2, 0.25) is 0 Å². The minimum Gasteiger partial charge on any atom is -0.308 e. The molecule has 4 aromatic rings. The van der Waals surface area contributed by atoms with Gasteiger partial charge in [0.05, 0.1) is 11.9 Å². The molecule has 5 nitrogen and oxygen atoms in total. The largest absolute Gasteiger partial charge is 0.308 e. The molecule has 132 valence electrons. The average molecular weight is 419 g/mol. The van der Waals surface area contributed by atoms with Gasteiger partial charge in [-0.15, -0.1) is 0 Å². The third kappa shape index (κ3) is 2.64. The molecule has 0 unspecified atom stereocenters. The van der Waals surface area contributed by atoms with Crippen LogP contribution in [0.4, 0.5) is 5.69 Å². The van der Waals surface area contributed by atoms with Crippen molar-refractivity contribution in [1.29, 1.82) is 0 Å². The van der Waals surface area contributed by atoms with E-state index in [1.807, 2.05) is 53.4 Å². The van der Waals surface area contributed by atoms with Crippen LogP contribution in [0.1, 0.15) is 15.9 Å². The van der Waals surface area contributed by atoms with Crippen LogP contribution in [0.15, 0.2) is 71.5 Å². The van der Waals surface area contributed by atoms with Crippen molar-refractivity contribution in [3.8, 4) is 11.3 Å². The number of hydrogen-bond acceptors (Lipinski definition) is 3. The minimum absolute atomic E-state index is 0.0659. The van der Waals surface area contributed by atoms with E-state index in [-0.39, 0.29) is 5.91 Å². The molecular formula is C21H15BrN4O. The van der Waals surface area contributed by atoms with E-state index in [2.05, 4.69) is 32.1 Å².